The Morgan fingerprint density at radius 2 is 1.65 bits per heavy atom. The summed E-state index contributed by atoms with van der Waals surface area (Å²) in [7, 11) is 3.17. The van der Waals surface area contributed by atoms with Gasteiger partial charge in [-0.15, -0.1) is 0 Å². The Kier molecular flexibility index (Phi) is 5.63. The molecule has 0 spiro atoms. The van der Waals surface area contributed by atoms with Crippen LogP contribution in [-0.4, -0.2) is 26.7 Å². The molecule has 0 heterocycles. The molecule has 4 heteroatoms. The molecule has 23 heavy (non-hydrogen) atoms. The summed E-state index contributed by atoms with van der Waals surface area (Å²) >= 11 is 0. The number of hydrogen-bond donors (Lipinski definition) is 1. The van der Waals surface area contributed by atoms with Crippen molar-refractivity contribution >= 4 is 5.91 Å². The Bertz CT molecular complexity index is 643. The summed E-state index contributed by atoms with van der Waals surface area (Å²) < 4.78 is 10.6. The van der Waals surface area contributed by atoms with Gasteiger partial charge in [0.1, 0.15) is 11.5 Å². The second-order valence-corrected chi connectivity index (χ2v) is 5.53. The summed E-state index contributed by atoms with van der Waals surface area (Å²) in [6.07, 6.45) is 0. The second-order valence-electron chi connectivity index (χ2n) is 5.53. The molecule has 2 aromatic carbocycles. The van der Waals surface area contributed by atoms with E-state index in [4.69, 9.17) is 9.47 Å². The molecule has 1 atom stereocenters. The van der Waals surface area contributed by atoms with Crippen LogP contribution in [0.3, 0.4) is 0 Å². The van der Waals surface area contributed by atoms with Gasteiger partial charge in [-0.25, -0.2) is 0 Å². The van der Waals surface area contributed by atoms with Gasteiger partial charge in [-0.3, -0.25) is 4.79 Å². The number of hydrogen-bond acceptors (Lipinski definition) is 3. The van der Waals surface area contributed by atoms with Crippen LogP contribution in [0.15, 0.2) is 42.5 Å². The van der Waals surface area contributed by atoms with Crippen LogP contribution in [-0.2, 0) is 0 Å². The largest absolute Gasteiger partial charge is 0.496 e. The fourth-order valence-electron chi connectivity index (χ4n) is 2.46. The zero-order chi connectivity index (χ0) is 16.8. The zero-order valence-electron chi connectivity index (χ0n) is 14.1. The average Bonchev–Trinajstić information content (AvgIpc) is 2.60. The van der Waals surface area contributed by atoms with Crippen molar-refractivity contribution in [1.29, 1.82) is 0 Å². The van der Waals surface area contributed by atoms with Crippen molar-refractivity contribution in [2.24, 2.45) is 0 Å². The molecule has 2 aromatic rings. The molecule has 0 aliphatic heterocycles. The maximum absolute atomic E-state index is 12.4. The van der Waals surface area contributed by atoms with Crippen molar-refractivity contribution in [3.8, 4) is 11.5 Å². The number of methoxy groups -OCH3 is 2. The van der Waals surface area contributed by atoms with Gasteiger partial charge in [0.05, 0.1) is 14.2 Å². The predicted molar refractivity (Wildman–Crippen MR) is 91.5 cm³/mol. The van der Waals surface area contributed by atoms with Gasteiger partial charge in [-0.05, 0) is 30.5 Å². The van der Waals surface area contributed by atoms with Crippen molar-refractivity contribution in [3.63, 3.8) is 0 Å². The normalized spacial score (nSPS) is 11.7. The van der Waals surface area contributed by atoms with Gasteiger partial charge in [0.2, 0.25) is 0 Å². The van der Waals surface area contributed by atoms with Crippen LogP contribution in [0.1, 0.15) is 34.3 Å². The predicted octanol–water partition coefficient (Wildman–Crippen LogP) is 3.55. The monoisotopic (exact) mass is 313 g/mol. The molecule has 0 saturated heterocycles. The molecule has 0 bridgehead atoms. The molecule has 122 valence electrons. The third kappa shape index (κ3) is 4.03. The first-order valence-corrected chi connectivity index (χ1v) is 7.62. The van der Waals surface area contributed by atoms with E-state index in [1.807, 2.05) is 25.1 Å². The Morgan fingerprint density at radius 3 is 2.17 bits per heavy atom. The lowest BCUT2D eigenvalue weighted by Crippen LogP contribution is -2.27. The Labute approximate surface area is 137 Å². The van der Waals surface area contributed by atoms with E-state index >= 15 is 0 Å². The Hall–Kier alpha value is -2.49. The molecule has 4 nitrogen and oxygen atoms in total. The van der Waals surface area contributed by atoms with E-state index < -0.39 is 0 Å². The zero-order valence-corrected chi connectivity index (χ0v) is 14.1. The van der Waals surface area contributed by atoms with Gasteiger partial charge >= 0.3 is 0 Å². The third-order valence-corrected chi connectivity index (χ3v) is 3.95. The molecule has 1 amide bonds. The smallest absolute Gasteiger partial charge is 0.251 e. The molecule has 0 fully saturated rings. The van der Waals surface area contributed by atoms with Gasteiger partial charge < -0.3 is 14.8 Å². The van der Waals surface area contributed by atoms with Crippen molar-refractivity contribution < 1.29 is 14.3 Å². The van der Waals surface area contributed by atoms with Crippen molar-refractivity contribution in [2.75, 3.05) is 20.8 Å². The number of rotatable bonds is 6. The molecule has 1 unspecified atom stereocenters. The number of benzene rings is 2. The molecular formula is C19H23NO3. The Balaban J connectivity index is 2.09. The number of amides is 1. The third-order valence-electron chi connectivity index (χ3n) is 3.95. The van der Waals surface area contributed by atoms with E-state index in [1.165, 1.54) is 5.56 Å². The van der Waals surface area contributed by atoms with Crippen LogP contribution in [0.4, 0.5) is 0 Å². The number of carbonyl (C=O) groups excluding carboxylic acids is 1. The fourth-order valence-corrected chi connectivity index (χ4v) is 2.46. The van der Waals surface area contributed by atoms with Gasteiger partial charge in [0.15, 0.2) is 0 Å². The Morgan fingerprint density at radius 1 is 1.09 bits per heavy atom. The van der Waals surface area contributed by atoms with Crippen LogP contribution < -0.4 is 14.8 Å². The molecule has 1 N–H and O–H groups in total. The maximum Gasteiger partial charge on any atom is 0.251 e. The standard InChI is InChI=1S/C19H23NO3/c1-13(15-8-6-5-7-9-15)12-20-19(21)16-10-17(22-3)14(2)18(11-16)23-4/h5-11,13H,12H2,1-4H3,(H,20,21). The summed E-state index contributed by atoms with van der Waals surface area (Å²) in [5, 5.41) is 2.97. The van der Waals surface area contributed by atoms with Crippen LogP contribution in [0, 0.1) is 6.92 Å². The van der Waals surface area contributed by atoms with Gasteiger partial charge in [-0.2, -0.15) is 0 Å². The first-order chi connectivity index (χ1) is 11.1. The van der Waals surface area contributed by atoms with Crippen molar-refractivity contribution in [2.45, 2.75) is 19.8 Å². The summed E-state index contributed by atoms with van der Waals surface area (Å²) in [6, 6.07) is 13.6. The van der Waals surface area contributed by atoms with E-state index in [9.17, 15) is 4.79 Å². The molecule has 0 aliphatic carbocycles. The van der Waals surface area contributed by atoms with Gasteiger partial charge in [0, 0.05) is 17.7 Å². The highest BCUT2D eigenvalue weighted by Crippen LogP contribution is 2.29. The van der Waals surface area contributed by atoms with Gasteiger partial charge in [0.25, 0.3) is 5.91 Å². The molecule has 2 rings (SSSR count). The first kappa shape index (κ1) is 16.9. The van der Waals surface area contributed by atoms with Crippen LogP contribution >= 0.6 is 0 Å². The minimum absolute atomic E-state index is 0.135. The fraction of sp³-hybridized carbons (Fsp3) is 0.316. The number of nitrogens with one attached hydrogen (secondary N) is 1. The molecule has 0 saturated carbocycles. The lowest BCUT2D eigenvalue weighted by atomic mass is 10.0. The topological polar surface area (TPSA) is 47.6 Å². The van der Waals surface area contributed by atoms with Crippen molar-refractivity contribution in [3.05, 3.63) is 59.2 Å². The minimum Gasteiger partial charge on any atom is -0.496 e. The van der Waals surface area contributed by atoms with E-state index in [2.05, 4.69) is 24.4 Å². The lowest BCUT2D eigenvalue weighted by molar-refractivity contribution is 0.0951. The first-order valence-electron chi connectivity index (χ1n) is 7.62. The summed E-state index contributed by atoms with van der Waals surface area (Å²) in [6.45, 7) is 4.56. The van der Waals surface area contributed by atoms with E-state index in [0.29, 0.717) is 23.6 Å². The number of ether oxygens (including phenoxy) is 2. The highest BCUT2D eigenvalue weighted by atomic mass is 16.5. The van der Waals surface area contributed by atoms with Gasteiger partial charge in [-0.1, -0.05) is 37.3 Å². The molecular weight excluding hydrogens is 290 g/mol. The second kappa shape index (κ2) is 7.68. The quantitative estimate of drug-likeness (QED) is 0.887. The van der Waals surface area contributed by atoms with Crippen LogP contribution in [0.5, 0.6) is 11.5 Å². The summed E-state index contributed by atoms with van der Waals surface area (Å²) in [5.41, 5.74) is 2.61. The van der Waals surface area contributed by atoms with E-state index in [1.54, 1.807) is 26.4 Å². The number of carbonyl (C=O) groups is 1. The van der Waals surface area contributed by atoms with Crippen LogP contribution in [0.25, 0.3) is 0 Å². The maximum atomic E-state index is 12.4. The van der Waals surface area contributed by atoms with E-state index in [-0.39, 0.29) is 11.8 Å². The molecule has 0 radical (unpaired) electrons. The highest BCUT2D eigenvalue weighted by Gasteiger charge is 2.14. The lowest BCUT2D eigenvalue weighted by Gasteiger charge is -2.15. The minimum atomic E-state index is -0.135. The average molecular weight is 313 g/mol. The summed E-state index contributed by atoms with van der Waals surface area (Å²) in [5.74, 6) is 1.40. The van der Waals surface area contributed by atoms with Crippen molar-refractivity contribution in [1.82, 2.24) is 5.32 Å². The van der Waals surface area contributed by atoms with E-state index in [0.717, 1.165) is 5.56 Å². The molecule has 0 aliphatic rings. The highest BCUT2D eigenvalue weighted by molar-refractivity contribution is 5.95. The van der Waals surface area contributed by atoms with Crippen LogP contribution in [0.2, 0.25) is 0 Å². The SMILES string of the molecule is COc1cc(C(=O)NCC(C)c2ccccc2)cc(OC)c1C. The summed E-state index contributed by atoms with van der Waals surface area (Å²) in [4.78, 5) is 12.4. The molecule has 0 aromatic heterocycles.